The van der Waals surface area contributed by atoms with Crippen molar-refractivity contribution in [2.75, 3.05) is 6.61 Å². The van der Waals surface area contributed by atoms with E-state index in [0.29, 0.717) is 19.3 Å². The third kappa shape index (κ3) is 30.1. The Hall–Kier alpha value is -1.69. The van der Waals surface area contributed by atoms with Crippen LogP contribution in [-0.4, -0.2) is 46.1 Å². The number of aliphatic hydroxyl groups is 3. The van der Waals surface area contributed by atoms with Crippen LogP contribution < -0.4 is 5.32 Å². The van der Waals surface area contributed by atoms with E-state index in [1.807, 2.05) is 24.3 Å². The van der Waals surface area contributed by atoms with Gasteiger partial charge in [-0.05, 0) is 44.9 Å². The zero-order valence-corrected chi connectivity index (χ0v) is 28.1. The minimum Gasteiger partial charge on any atom is -0.394 e. The van der Waals surface area contributed by atoms with Gasteiger partial charge in [-0.25, -0.2) is 0 Å². The van der Waals surface area contributed by atoms with Crippen molar-refractivity contribution in [2.45, 2.75) is 180 Å². The molecule has 250 valence electrons. The Bertz CT molecular complexity index is 715. The molecule has 0 aromatic heterocycles. The molecule has 5 nitrogen and oxygen atoms in total. The molecule has 0 spiro atoms. The van der Waals surface area contributed by atoms with Gasteiger partial charge >= 0.3 is 0 Å². The van der Waals surface area contributed by atoms with Crippen LogP contribution in [0.15, 0.2) is 48.6 Å². The number of nitrogens with one attached hydrogen (secondary N) is 1. The molecule has 0 aliphatic carbocycles. The first kappa shape index (κ1) is 41.3. The van der Waals surface area contributed by atoms with E-state index in [9.17, 15) is 20.1 Å². The molecule has 0 aliphatic heterocycles. The lowest BCUT2D eigenvalue weighted by Gasteiger charge is -2.22. The Labute approximate surface area is 266 Å². The van der Waals surface area contributed by atoms with Gasteiger partial charge in [0, 0.05) is 6.42 Å². The Morgan fingerprint density at radius 2 is 1.21 bits per heavy atom. The maximum Gasteiger partial charge on any atom is 0.220 e. The molecule has 0 saturated carbocycles. The number of aliphatic hydroxyl groups excluding tert-OH is 3. The highest BCUT2D eigenvalue weighted by Crippen LogP contribution is 2.14. The fraction of sp³-hybridized carbons (Fsp3) is 0.763. The first-order valence-corrected chi connectivity index (χ1v) is 17.9. The van der Waals surface area contributed by atoms with Crippen molar-refractivity contribution in [1.29, 1.82) is 0 Å². The second-order valence-corrected chi connectivity index (χ2v) is 12.1. The summed E-state index contributed by atoms with van der Waals surface area (Å²) < 4.78 is 0. The van der Waals surface area contributed by atoms with Crippen LogP contribution in [-0.2, 0) is 4.79 Å². The first-order valence-electron chi connectivity index (χ1n) is 17.9. The molecular weight excluding hydrogens is 534 g/mol. The van der Waals surface area contributed by atoms with Crippen molar-refractivity contribution < 1.29 is 20.1 Å². The van der Waals surface area contributed by atoms with Crippen molar-refractivity contribution in [1.82, 2.24) is 5.32 Å². The summed E-state index contributed by atoms with van der Waals surface area (Å²) in [4.78, 5) is 12.3. The number of hydrogen-bond acceptors (Lipinski definition) is 4. The quantitative estimate of drug-likeness (QED) is 0.0361. The highest BCUT2D eigenvalue weighted by molar-refractivity contribution is 5.76. The SMILES string of the molecule is CCCCC/C=C\C[C@H](O)/C=C/C=C\C/C=C\CCCC(=O)N[C@@H](CO)[C@H](O)CCCCCCCCCCCCCCC. The molecule has 1 amide bonds. The topological polar surface area (TPSA) is 89.8 Å². The zero-order valence-electron chi connectivity index (χ0n) is 28.1. The number of amides is 1. The van der Waals surface area contributed by atoms with Crippen molar-refractivity contribution >= 4 is 5.91 Å². The van der Waals surface area contributed by atoms with E-state index < -0.39 is 18.2 Å². The molecule has 0 aromatic rings. The second kappa shape index (κ2) is 33.2. The van der Waals surface area contributed by atoms with Gasteiger partial charge in [0.05, 0.1) is 24.9 Å². The van der Waals surface area contributed by atoms with E-state index >= 15 is 0 Å². The molecule has 4 N–H and O–H groups in total. The van der Waals surface area contributed by atoms with Crippen LogP contribution in [0, 0.1) is 0 Å². The Morgan fingerprint density at radius 3 is 1.84 bits per heavy atom. The lowest BCUT2D eigenvalue weighted by Crippen LogP contribution is -2.45. The average Bonchev–Trinajstić information content (AvgIpc) is 3.00. The van der Waals surface area contributed by atoms with E-state index in [2.05, 4.69) is 43.5 Å². The van der Waals surface area contributed by atoms with Crippen LogP contribution >= 0.6 is 0 Å². The number of carbonyl (C=O) groups is 1. The highest BCUT2D eigenvalue weighted by Gasteiger charge is 2.19. The molecule has 5 heteroatoms. The summed E-state index contributed by atoms with van der Waals surface area (Å²) in [7, 11) is 0. The van der Waals surface area contributed by atoms with E-state index in [1.165, 1.54) is 89.9 Å². The molecule has 0 aliphatic rings. The number of allylic oxidation sites excluding steroid dienone is 6. The number of rotatable bonds is 31. The van der Waals surface area contributed by atoms with E-state index in [0.717, 1.165) is 38.5 Å². The van der Waals surface area contributed by atoms with E-state index in [1.54, 1.807) is 0 Å². The minimum atomic E-state index is -0.699. The first-order chi connectivity index (χ1) is 21.0. The molecule has 0 heterocycles. The molecule has 0 radical (unpaired) electrons. The molecule has 0 unspecified atom stereocenters. The molecule has 0 aromatic carbocycles. The summed E-state index contributed by atoms with van der Waals surface area (Å²) in [5.41, 5.74) is 0. The Morgan fingerprint density at radius 1 is 0.651 bits per heavy atom. The monoisotopic (exact) mass is 604 g/mol. The summed E-state index contributed by atoms with van der Waals surface area (Å²) in [5.74, 6) is -0.115. The molecule has 0 rings (SSSR count). The smallest absolute Gasteiger partial charge is 0.220 e. The predicted molar refractivity (Wildman–Crippen MR) is 185 cm³/mol. The summed E-state index contributed by atoms with van der Waals surface area (Å²) in [6.45, 7) is 4.23. The molecule has 0 saturated heterocycles. The molecule has 43 heavy (non-hydrogen) atoms. The lowest BCUT2D eigenvalue weighted by atomic mass is 10.0. The van der Waals surface area contributed by atoms with Crippen molar-refractivity contribution in [2.24, 2.45) is 0 Å². The molecule has 3 atom stereocenters. The van der Waals surface area contributed by atoms with Crippen LogP contribution in [0.5, 0.6) is 0 Å². The maximum absolute atomic E-state index is 12.3. The van der Waals surface area contributed by atoms with Gasteiger partial charge in [0.15, 0.2) is 0 Å². The normalized spacial score (nSPS) is 14.4. The molecular formula is C38H69NO4. The fourth-order valence-corrected chi connectivity index (χ4v) is 5.08. The van der Waals surface area contributed by atoms with Gasteiger partial charge in [0.2, 0.25) is 5.91 Å². The number of carbonyl (C=O) groups excluding carboxylic acids is 1. The van der Waals surface area contributed by atoms with E-state index in [4.69, 9.17) is 0 Å². The fourth-order valence-electron chi connectivity index (χ4n) is 5.08. The van der Waals surface area contributed by atoms with Gasteiger partial charge in [-0.1, -0.05) is 159 Å². The summed E-state index contributed by atoms with van der Waals surface area (Å²) >= 11 is 0. The average molecular weight is 604 g/mol. The van der Waals surface area contributed by atoms with Gasteiger partial charge in [-0.15, -0.1) is 0 Å². The summed E-state index contributed by atoms with van der Waals surface area (Å²) in [6, 6.07) is -0.584. The molecule has 0 bridgehead atoms. The minimum absolute atomic E-state index is 0.115. The standard InChI is InChI=1S/C38H69NO4/c1-3-5-7-9-11-12-13-14-15-16-20-24-28-32-37(42)36(34-40)39-38(43)33-29-25-21-18-17-19-23-27-31-35(41)30-26-22-10-8-6-4-2/h18-19,21-23,26-27,31,35-37,40-42H,3-17,20,24-25,28-30,32-34H2,1-2H3,(H,39,43)/b21-18-,23-19-,26-22-,31-27+/t35-,36-,37+/m0/s1. The Kier molecular flexibility index (Phi) is 31.9. The summed E-state index contributed by atoms with van der Waals surface area (Å²) in [6.07, 6.45) is 40.4. The van der Waals surface area contributed by atoms with Crippen molar-refractivity contribution in [3.05, 3.63) is 48.6 Å². The van der Waals surface area contributed by atoms with Crippen LogP contribution in [0.1, 0.15) is 162 Å². The Balaban J connectivity index is 3.80. The van der Waals surface area contributed by atoms with Crippen LogP contribution in [0.3, 0.4) is 0 Å². The maximum atomic E-state index is 12.3. The number of hydrogen-bond donors (Lipinski definition) is 4. The highest BCUT2D eigenvalue weighted by atomic mass is 16.3. The van der Waals surface area contributed by atoms with Gasteiger partial charge in [-0.2, -0.15) is 0 Å². The van der Waals surface area contributed by atoms with Crippen LogP contribution in [0.25, 0.3) is 0 Å². The largest absolute Gasteiger partial charge is 0.394 e. The van der Waals surface area contributed by atoms with Gasteiger partial charge in [-0.3, -0.25) is 4.79 Å². The third-order valence-electron chi connectivity index (χ3n) is 7.92. The van der Waals surface area contributed by atoms with Gasteiger partial charge in [0.1, 0.15) is 0 Å². The van der Waals surface area contributed by atoms with Gasteiger partial charge in [0.25, 0.3) is 0 Å². The molecule has 0 fully saturated rings. The third-order valence-corrected chi connectivity index (χ3v) is 7.92. The predicted octanol–water partition coefficient (Wildman–Crippen LogP) is 9.42. The van der Waals surface area contributed by atoms with Crippen molar-refractivity contribution in [3.63, 3.8) is 0 Å². The van der Waals surface area contributed by atoms with Crippen LogP contribution in [0.2, 0.25) is 0 Å². The van der Waals surface area contributed by atoms with Crippen molar-refractivity contribution in [3.8, 4) is 0 Å². The van der Waals surface area contributed by atoms with E-state index in [-0.39, 0.29) is 12.5 Å². The lowest BCUT2D eigenvalue weighted by molar-refractivity contribution is -0.123. The number of unbranched alkanes of at least 4 members (excludes halogenated alkanes) is 16. The van der Waals surface area contributed by atoms with Gasteiger partial charge < -0.3 is 20.6 Å². The summed E-state index contributed by atoms with van der Waals surface area (Å²) in [5, 5.41) is 32.9. The second-order valence-electron chi connectivity index (χ2n) is 12.1. The van der Waals surface area contributed by atoms with Crippen LogP contribution in [0.4, 0.5) is 0 Å². The zero-order chi connectivity index (χ0) is 31.6.